The van der Waals surface area contributed by atoms with Crippen molar-refractivity contribution in [3.63, 3.8) is 0 Å². The molecule has 3 N–H and O–H groups in total. The zero-order valence-corrected chi connectivity index (χ0v) is 13.4. The number of carbonyl (C=O) groups is 2. The molecule has 0 aliphatic rings. The minimum atomic E-state index is -0.803. The number of halogens is 2. The number of rotatable bonds is 5. The van der Waals surface area contributed by atoms with Gasteiger partial charge in [-0.05, 0) is 37.5 Å². The molecule has 21 heavy (non-hydrogen) atoms. The number of nitrogens with one attached hydrogen (secondary N) is 2. The summed E-state index contributed by atoms with van der Waals surface area (Å²) in [6, 6.07) is 2.82. The molecule has 5 nitrogen and oxygen atoms in total. The Bertz CT molecular complexity index is 512. The molecule has 0 saturated carbocycles. The molecule has 1 aromatic carbocycles. The lowest BCUT2D eigenvalue weighted by Gasteiger charge is -2.15. The molecule has 0 saturated heterocycles. The number of carbonyl (C=O) groups excluding carboxylic acids is 2. The first-order chi connectivity index (χ1) is 9.88. The van der Waals surface area contributed by atoms with Crippen molar-refractivity contribution >= 4 is 40.7 Å². The van der Waals surface area contributed by atoms with Gasteiger partial charge in [0.25, 0.3) is 0 Å². The third kappa shape index (κ3) is 5.19. The van der Waals surface area contributed by atoms with Crippen molar-refractivity contribution in [1.82, 2.24) is 5.32 Å². The Balaban J connectivity index is 2.70. The number of aliphatic hydroxyl groups excluding tert-OH is 1. The number of hydrogen-bond acceptors (Lipinski definition) is 3. The van der Waals surface area contributed by atoms with Crippen molar-refractivity contribution in [3.8, 4) is 0 Å². The zero-order valence-electron chi connectivity index (χ0n) is 11.9. The van der Waals surface area contributed by atoms with Crippen LogP contribution in [0.2, 0.25) is 10.0 Å². The Morgan fingerprint density at radius 1 is 1.24 bits per heavy atom. The maximum Gasteiger partial charge on any atom is 0.313 e. The van der Waals surface area contributed by atoms with E-state index >= 15 is 0 Å². The number of hydrogen-bond donors (Lipinski definition) is 3. The Kier molecular flexibility index (Phi) is 6.95. The largest absolute Gasteiger partial charge is 0.396 e. The van der Waals surface area contributed by atoms with Crippen LogP contribution in [0.3, 0.4) is 0 Å². The Hall–Kier alpha value is -1.30. The van der Waals surface area contributed by atoms with E-state index in [9.17, 15) is 9.59 Å². The molecule has 0 aromatic heterocycles. The predicted octanol–water partition coefficient (Wildman–Crippen LogP) is 2.52. The van der Waals surface area contributed by atoms with Gasteiger partial charge in [0.05, 0.1) is 0 Å². The van der Waals surface area contributed by atoms with E-state index in [4.69, 9.17) is 28.3 Å². The van der Waals surface area contributed by atoms with E-state index in [0.29, 0.717) is 34.1 Å². The molecule has 116 valence electrons. The third-order valence-corrected chi connectivity index (χ3v) is 3.84. The van der Waals surface area contributed by atoms with E-state index in [1.54, 1.807) is 6.92 Å². The van der Waals surface area contributed by atoms with Gasteiger partial charge >= 0.3 is 11.8 Å². The molecule has 0 aliphatic heterocycles. The van der Waals surface area contributed by atoms with Crippen molar-refractivity contribution in [2.45, 2.75) is 32.7 Å². The summed E-state index contributed by atoms with van der Waals surface area (Å²) in [6.07, 6.45) is 1.03. The highest BCUT2D eigenvalue weighted by atomic mass is 35.5. The van der Waals surface area contributed by atoms with E-state index in [1.165, 1.54) is 12.1 Å². The molecule has 1 aromatic rings. The number of anilines is 1. The Labute approximate surface area is 133 Å². The van der Waals surface area contributed by atoms with E-state index < -0.39 is 11.8 Å². The molecule has 0 radical (unpaired) electrons. The lowest BCUT2D eigenvalue weighted by molar-refractivity contribution is -0.136. The van der Waals surface area contributed by atoms with Crippen molar-refractivity contribution in [3.05, 3.63) is 27.7 Å². The van der Waals surface area contributed by atoms with Gasteiger partial charge < -0.3 is 15.7 Å². The van der Waals surface area contributed by atoms with Crippen LogP contribution in [-0.4, -0.2) is 29.6 Å². The van der Waals surface area contributed by atoms with Crippen LogP contribution in [0.15, 0.2) is 12.1 Å². The summed E-state index contributed by atoms with van der Waals surface area (Å²) in [6.45, 7) is 3.56. The molecule has 2 amide bonds. The second kappa shape index (κ2) is 8.22. The Morgan fingerprint density at radius 2 is 1.81 bits per heavy atom. The van der Waals surface area contributed by atoms with Gasteiger partial charge in [-0.2, -0.15) is 0 Å². The highest BCUT2D eigenvalue weighted by molar-refractivity contribution is 6.40. The highest BCUT2D eigenvalue weighted by Crippen LogP contribution is 2.27. The van der Waals surface area contributed by atoms with E-state index in [0.717, 1.165) is 0 Å². The van der Waals surface area contributed by atoms with E-state index in [2.05, 4.69) is 10.6 Å². The van der Waals surface area contributed by atoms with Crippen molar-refractivity contribution in [2.24, 2.45) is 0 Å². The predicted molar refractivity (Wildman–Crippen MR) is 83.8 cm³/mol. The summed E-state index contributed by atoms with van der Waals surface area (Å²) < 4.78 is 0. The summed E-state index contributed by atoms with van der Waals surface area (Å²) in [5.74, 6) is -1.56. The molecular formula is C14H18Cl2N2O3. The smallest absolute Gasteiger partial charge is 0.313 e. The zero-order chi connectivity index (χ0) is 16.0. The van der Waals surface area contributed by atoms with Gasteiger partial charge in [-0.15, -0.1) is 0 Å². The van der Waals surface area contributed by atoms with Crippen LogP contribution < -0.4 is 10.6 Å². The normalized spacial score (nSPS) is 11.9. The summed E-state index contributed by atoms with van der Waals surface area (Å²) in [5, 5.41) is 14.7. The van der Waals surface area contributed by atoms with E-state index in [-0.39, 0.29) is 12.6 Å². The summed E-state index contributed by atoms with van der Waals surface area (Å²) >= 11 is 11.9. The van der Waals surface area contributed by atoms with Crippen LogP contribution in [0.25, 0.3) is 0 Å². The van der Waals surface area contributed by atoms with Gasteiger partial charge in [-0.1, -0.05) is 30.1 Å². The number of benzene rings is 1. The molecule has 0 fully saturated rings. The number of aliphatic hydroxyl groups is 1. The van der Waals surface area contributed by atoms with Crippen LogP contribution in [0.5, 0.6) is 0 Å². The van der Waals surface area contributed by atoms with Gasteiger partial charge in [0.2, 0.25) is 0 Å². The van der Waals surface area contributed by atoms with Gasteiger partial charge in [-0.25, -0.2) is 0 Å². The van der Waals surface area contributed by atoms with Crippen molar-refractivity contribution in [1.29, 1.82) is 0 Å². The number of amides is 2. The first kappa shape index (κ1) is 17.8. The fraction of sp³-hybridized carbons (Fsp3) is 0.429. The molecule has 0 spiro atoms. The Morgan fingerprint density at radius 3 is 2.29 bits per heavy atom. The maximum atomic E-state index is 11.8. The van der Waals surface area contributed by atoms with Crippen molar-refractivity contribution < 1.29 is 14.7 Å². The SMILES string of the molecule is CCC(CCO)NC(=O)C(=O)Nc1cc(Cl)c(C)c(Cl)c1. The monoisotopic (exact) mass is 332 g/mol. The molecule has 0 bridgehead atoms. The lowest BCUT2D eigenvalue weighted by atomic mass is 10.1. The first-order valence-corrected chi connectivity index (χ1v) is 7.33. The minimum Gasteiger partial charge on any atom is -0.396 e. The van der Waals surface area contributed by atoms with Crippen LogP contribution in [0.1, 0.15) is 25.3 Å². The lowest BCUT2D eigenvalue weighted by Crippen LogP contribution is -2.42. The first-order valence-electron chi connectivity index (χ1n) is 6.57. The molecule has 1 unspecified atom stereocenters. The summed E-state index contributed by atoms with van der Waals surface area (Å²) in [5.41, 5.74) is 1.06. The topological polar surface area (TPSA) is 78.4 Å². The molecule has 7 heteroatoms. The molecule has 1 atom stereocenters. The third-order valence-electron chi connectivity index (χ3n) is 3.05. The van der Waals surface area contributed by atoms with Gasteiger partial charge in [0, 0.05) is 28.4 Å². The maximum absolute atomic E-state index is 11.8. The van der Waals surface area contributed by atoms with Crippen LogP contribution >= 0.6 is 23.2 Å². The second-order valence-corrected chi connectivity index (χ2v) is 5.42. The average Bonchev–Trinajstić information content (AvgIpc) is 2.43. The summed E-state index contributed by atoms with van der Waals surface area (Å²) in [7, 11) is 0. The quantitative estimate of drug-likeness (QED) is 0.725. The fourth-order valence-corrected chi connectivity index (χ4v) is 2.18. The standard InChI is InChI=1S/C14H18Cl2N2O3/c1-3-9(4-5-19)17-13(20)14(21)18-10-6-11(15)8(2)12(16)7-10/h6-7,9,19H,3-5H2,1-2H3,(H,17,20)(H,18,21). The van der Waals surface area contributed by atoms with Crippen LogP contribution in [0.4, 0.5) is 5.69 Å². The molecule has 1 rings (SSSR count). The summed E-state index contributed by atoms with van der Waals surface area (Å²) in [4.78, 5) is 23.6. The molecule has 0 heterocycles. The van der Waals surface area contributed by atoms with Crippen molar-refractivity contribution in [2.75, 3.05) is 11.9 Å². The van der Waals surface area contributed by atoms with Gasteiger partial charge in [0.1, 0.15) is 0 Å². The molecular weight excluding hydrogens is 315 g/mol. The second-order valence-electron chi connectivity index (χ2n) is 4.61. The van der Waals surface area contributed by atoms with E-state index in [1.807, 2.05) is 6.92 Å². The fourth-order valence-electron chi connectivity index (χ4n) is 1.69. The minimum absolute atomic E-state index is 0.0520. The van der Waals surface area contributed by atoms with Gasteiger partial charge in [-0.3, -0.25) is 9.59 Å². The average molecular weight is 333 g/mol. The van der Waals surface area contributed by atoms with Crippen LogP contribution in [-0.2, 0) is 9.59 Å². The molecule has 0 aliphatic carbocycles. The van der Waals surface area contributed by atoms with Gasteiger partial charge in [0.15, 0.2) is 0 Å². The highest BCUT2D eigenvalue weighted by Gasteiger charge is 2.18. The van der Waals surface area contributed by atoms with Crippen LogP contribution in [0, 0.1) is 6.92 Å².